The van der Waals surface area contributed by atoms with Gasteiger partial charge in [-0.15, -0.1) is 0 Å². The minimum Gasteiger partial charge on any atom is -0.396 e. The third kappa shape index (κ3) is 4.10. The monoisotopic (exact) mass is 298 g/mol. The zero-order chi connectivity index (χ0) is 14.4. The zero-order valence-corrected chi connectivity index (χ0v) is 11.9. The summed E-state index contributed by atoms with van der Waals surface area (Å²) in [6.45, 7) is 1.15. The third-order valence-corrected chi connectivity index (χ3v) is 3.48. The molecule has 3 N–H and O–H groups in total. The molecule has 20 heavy (non-hydrogen) atoms. The SMILES string of the molecule is O=C(NCCCO)NC1CCOC1c1ccc(Cl)cc1. The van der Waals surface area contributed by atoms with Crippen LogP contribution in [0.25, 0.3) is 0 Å². The fourth-order valence-electron chi connectivity index (χ4n) is 2.22. The minimum atomic E-state index is -0.229. The van der Waals surface area contributed by atoms with Crippen molar-refractivity contribution in [3.8, 4) is 0 Å². The quantitative estimate of drug-likeness (QED) is 0.727. The first-order chi connectivity index (χ1) is 9.70. The smallest absolute Gasteiger partial charge is 0.315 e. The number of aliphatic hydroxyl groups excluding tert-OH is 1. The Morgan fingerprint density at radius 3 is 2.85 bits per heavy atom. The fourth-order valence-corrected chi connectivity index (χ4v) is 2.34. The van der Waals surface area contributed by atoms with Crippen LogP contribution < -0.4 is 10.6 Å². The molecule has 1 saturated heterocycles. The van der Waals surface area contributed by atoms with E-state index in [1.807, 2.05) is 24.3 Å². The number of rotatable bonds is 5. The fraction of sp³-hybridized carbons (Fsp3) is 0.500. The van der Waals surface area contributed by atoms with Crippen molar-refractivity contribution in [1.29, 1.82) is 0 Å². The third-order valence-electron chi connectivity index (χ3n) is 3.23. The van der Waals surface area contributed by atoms with Crippen LogP contribution in [0.4, 0.5) is 4.79 Å². The number of urea groups is 1. The molecule has 0 aliphatic carbocycles. The van der Waals surface area contributed by atoms with E-state index < -0.39 is 0 Å². The summed E-state index contributed by atoms with van der Waals surface area (Å²) in [6.07, 6.45) is 1.19. The van der Waals surface area contributed by atoms with Gasteiger partial charge in [-0.2, -0.15) is 0 Å². The van der Waals surface area contributed by atoms with Crippen molar-refractivity contribution in [3.63, 3.8) is 0 Å². The van der Waals surface area contributed by atoms with Crippen molar-refractivity contribution in [2.75, 3.05) is 19.8 Å². The first-order valence-electron chi connectivity index (χ1n) is 6.73. The van der Waals surface area contributed by atoms with Crippen molar-refractivity contribution in [3.05, 3.63) is 34.9 Å². The van der Waals surface area contributed by atoms with E-state index >= 15 is 0 Å². The largest absolute Gasteiger partial charge is 0.396 e. The van der Waals surface area contributed by atoms with Crippen molar-refractivity contribution < 1.29 is 14.6 Å². The van der Waals surface area contributed by atoms with E-state index in [1.54, 1.807) is 0 Å². The summed E-state index contributed by atoms with van der Waals surface area (Å²) in [5.41, 5.74) is 1.01. The Bertz CT molecular complexity index is 439. The van der Waals surface area contributed by atoms with E-state index in [0.717, 1.165) is 12.0 Å². The van der Waals surface area contributed by atoms with Crippen LogP contribution in [0.1, 0.15) is 24.5 Å². The molecule has 0 radical (unpaired) electrons. The van der Waals surface area contributed by atoms with Crippen LogP contribution in [0.5, 0.6) is 0 Å². The number of aliphatic hydroxyl groups is 1. The van der Waals surface area contributed by atoms with Crippen molar-refractivity contribution in [2.24, 2.45) is 0 Å². The summed E-state index contributed by atoms with van der Waals surface area (Å²) in [4.78, 5) is 11.7. The Kier molecular flexibility index (Phi) is 5.64. The average molecular weight is 299 g/mol. The molecule has 5 nitrogen and oxygen atoms in total. The van der Waals surface area contributed by atoms with E-state index in [0.29, 0.717) is 24.6 Å². The van der Waals surface area contributed by atoms with E-state index in [1.165, 1.54) is 0 Å². The van der Waals surface area contributed by atoms with Crippen LogP contribution in [0.15, 0.2) is 24.3 Å². The van der Waals surface area contributed by atoms with E-state index in [2.05, 4.69) is 10.6 Å². The molecule has 0 saturated carbocycles. The van der Waals surface area contributed by atoms with Gasteiger partial charge in [0.25, 0.3) is 0 Å². The topological polar surface area (TPSA) is 70.6 Å². The van der Waals surface area contributed by atoms with Crippen LogP contribution in [0, 0.1) is 0 Å². The summed E-state index contributed by atoms with van der Waals surface area (Å²) < 4.78 is 5.69. The van der Waals surface area contributed by atoms with E-state index in [4.69, 9.17) is 21.4 Å². The van der Waals surface area contributed by atoms with Crippen molar-refractivity contribution in [2.45, 2.75) is 25.0 Å². The maximum atomic E-state index is 11.7. The number of hydrogen-bond donors (Lipinski definition) is 3. The second-order valence-corrected chi connectivity index (χ2v) is 5.15. The van der Waals surface area contributed by atoms with Gasteiger partial charge in [-0.05, 0) is 30.5 Å². The van der Waals surface area contributed by atoms with Crippen LogP contribution in [0.3, 0.4) is 0 Å². The molecule has 1 heterocycles. The molecule has 0 bridgehead atoms. The van der Waals surface area contributed by atoms with E-state index in [-0.39, 0.29) is 24.8 Å². The predicted octanol–water partition coefficient (Wildman–Crippen LogP) is 1.85. The number of carbonyl (C=O) groups excluding carboxylic acids is 1. The molecule has 0 spiro atoms. The van der Waals surface area contributed by atoms with Gasteiger partial charge in [-0.1, -0.05) is 23.7 Å². The summed E-state index contributed by atoms with van der Waals surface area (Å²) >= 11 is 5.87. The van der Waals surface area contributed by atoms with E-state index in [9.17, 15) is 4.79 Å². The molecule has 1 aliphatic heterocycles. The highest BCUT2D eigenvalue weighted by Crippen LogP contribution is 2.29. The molecule has 2 amide bonds. The van der Waals surface area contributed by atoms with Crippen LogP contribution >= 0.6 is 11.6 Å². The van der Waals surface area contributed by atoms with Gasteiger partial charge >= 0.3 is 6.03 Å². The second-order valence-electron chi connectivity index (χ2n) is 4.72. The van der Waals surface area contributed by atoms with Crippen LogP contribution in [-0.2, 0) is 4.74 Å². The first-order valence-corrected chi connectivity index (χ1v) is 7.11. The molecule has 0 aromatic heterocycles. The number of halogens is 1. The standard InChI is InChI=1S/C14H19ClN2O3/c15-11-4-2-10(3-5-11)13-12(6-9-20-13)17-14(19)16-7-1-8-18/h2-5,12-13,18H,1,6-9H2,(H2,16,17,19). The second kappa shape index (κ2) is 7.47. The Labute approximate surface area is 123 Å². The summed E-state index contributed by atoms with van der Waals surface area (Å²) in [6, 6.07) is 7.18. The molecule has 1 aromatic carbocycles. The molecule has 1 fully saturated rings. The van der Waals surface area contributed by atoms with Gasteiger partial charge in [0.05, 0.1) is 6.04 Å². The van der Waals surface area contributed by atoms with Gasteiger partial charge in [-0.25, -0.2) is 4.79 Å². The van der Waals surface area contributed by atoms with Crippen molar-refractivity contribution >= 4 is 17.6 Å². The first kappa shape index (κ1) is 15.1. The number of carbonyl (C=O) groups is 1. The molecule has 1 aliphatic rings. The van der Waals surface area contributed by atoms with Gasteiger partial charge in [0, 0.05) is 24.8 Å². The Morgan fingerprint density at radius 1 is 1.40 bits per heavy atom. The maximum Gasteiger partial charge on any atom is 0.315 e. The Morgan fingerprint density at radius 2 is 2.15 bits per heavy atom. The zero-order valence-electron chi connectivity index (χ0n) is 11.1. The van der Waals surface area contributed by atoms with Gasteiger partial charge in [0.15, 0.2) is 0 Å². The lowest BCUT2D eigenvalue weighted by atomic mass is 10.0. The molecular formula is C14H19ClN2O3. The minimum absolute atomic E-state index is 0.0506. The van der Waals surface area contributed by atoms with Crippen LogP contribution in [0.2, 0.25) is 5.02 Å². The van der Waals surface area contributed by atoms with Gasteiger partial charge in [-0.3, -0.25) is 0 Å². The number of benzene rings is 1. The van der Waals surface area contributed by atoms with Gasteiger partial charge < -0.3 is 20.5 Å². The molecule has 6 heteroatoms. The lowest BCUT2D eigenvalue weighted by Crippen LogP contribution is -2.43. The average Bonchev–Trinajstić information content (AvgIpc) is 2.88. The highest BCUT2D eigenvalue weighted by atomic mass is 35.5. The highest BCUT2D eigenvalue weighted by Gasteiger charge is 2.30. The summed E-state index contributed by atoms with van der Waals surface area (Å²) in [5.74, 6) is 0. The molecule has 1 aromatic rings. The van der Waals surface area contributed by atoms with Crippen molar-refractivity contribution in [1.82, 2.24) is 10.6 Å². The lowest BCUT2D eigenvalue weighted by molar-refractivity contribution is 0.0999. The predicted molar refractivity (Wildman–Crippen MR) is 76.8 cm³/mol. The number of ether oxygens (including phenoxy) is 1. The normalized spacial score (nSPS) is 21.7. The Hall–Kier alpha value is -1.30. The lowest BCUT2D eigenvalue weighted by Gasteiger charge is -2.20. The Balaban J connectivity index is 1.90. The summed E-state index contributed by atoms with van der Waals surface area (Å²) in [7, 11) is 0. The summed E-state index contributed by atoms with van der Waals surface area (Å²) in [5, 5.41) is 15.0. The molecular weight excluding hydrogens is 280 g/mol. The number of amides is 2. The van der Waals surface area contributed by atoms with Gasteiger partial charge in [0.1, 0.15) is 6.10 Å². The molecule has 2 rings (SSSR count). The maximum absolute atomic E-state index is 11.7. The van der Waals surface area contributed by atoms with Gasteiger partial charge in [0.2, 0.25) is 0 Å². The highest BCUT2D eigenvalue weighted by molar-refractivity contribution is 6.30. The molecule has 110 valence electrons. The number of nitrogens with one attached hydrogen (secondary N) is 2. The molecule has 2 unspecified atom stereocenters. The molecule has 2 atom stereocenters. The number of hydrogen-bond acceptors (Lipinski definition) is 3. The van der Waals surface area contributed by atoms with Crippen LogP contribution in [-0.4, -0.2) is 36.9 Å².